The quantitative estimate of drug-likeness (QED) is 0.768. The molecule has 18 heavy (non-hydrogen) atoms. The summed E-state index contributed by atoms with van der Waals surface area (Å²) in [7, 11) is -1.46. The van der Waals surface area contributed by atoms with E-state index in [-0.39, 0.29) is 5.91 Å². The molecule has 0 aliphatic carbocycles. The third-order valence-electron chi connectivity index (χ3n) is 2.44. The van der Waals surface area contributed by atoms with E-state index in [1.807, 2.05) is 26.0 Å². The van der Waals surface area contributed by atoms with Gasteiger partial charge in [0.2, 0.25) is 0 Å². The van der Waals surface area contributed by atoms with Crippen molar-refractivity contribution in [2.75, 3.05) is 6.54 Å². The second kappa shape index (κ2) is 6.50. The molecule has 1 atom stereocenters. The van der Waals surface area contributed by atoms with E-state index in [9.17, 15) is 9.00 Å². The Kier molecular flexibility index (Phi) is 5.28. The van der Waals surface area contributed by atoms with Gasteiger partial charge in [0.25, 0.3) is 5.91 Å². The van der Waals surface area contributed by atoms with Crippen LogP contribution in [0, 0.1) is 6.92 Å². The van der Waals surface area contributed by atoms with E-state index >= 15 is 0 Å². The van der Waals surface area contributed by atoms with Crippen molar-refractivity contribution in [1.82, 2.24) is 4.31 Å². The van der Waals surface area contributed by atoms with Crippen LogP contribution >= 0.6 is 0 Å². The fourth-order valence-electron chi connectivity index (χ4n) is 1.46. The van der Waals surface area contributed by atoms with Crippen LogP contribution in [0.2, 0.25) is 0 Å². The SMILES string of the molecule is C=C(C)C(=O)N(CCC)[S@@](=O)c1ccc(C)cc1. The Morgan fingerprint density at radius 3 is 2.33 bits per heavy atom. The first kappa shape index (κ1) is 14.6. The summed E-state index contributed by atoms with van der Waals surface area (Å²) >= 11 is 0. The third kappa shape index (κ3) is 3.53. The van der Waals surface area contributed by atoms with Gasteiger partial charge >= 0.3 is 0 Å². The lowest BCUT2D eigenvalue weighted by atomic mass is 10.2. The Labute approximate surface area is 111 Å². The molecule has 0 saturated carbocycles. The molecule has 1 aromatic carbocycles. The van der Waals surface area contributed by atoms with Crippen molar-refractivity contribution < 1.29 is 9.00 Å². The fraction of sp³-hybridized carbons (Fsp3) is 0.357. The number of rotatable bonds is 5. The number of amides is 1. The monoisotopic (exact) mass is 265 g/mol. The van der Waals surface area contributed by atoms with E-state index in [2.05, 4.69) is 6.58 Å². The Morgan fingerprint density at radius 2 is 1.89 bits per heavy atom. The predicted octanol–water partition coefficient (Wildman–Crippen LogP) is 2.83. The summed E-state index contributed by atoms with van der Waals surface area (Å²) in [4.78, 5) is 12.6. The van der Waals surface area contributed by atoms with E-state index in [1.54, 1.807) is 19.1 Å². The highest BCUT2D eigenvalue weighted by Gasteiger charge is 2.20. The number of hydrogen-bond acceptors (Lipinski definition) is 2. The highest BCUT2D eigenvalue weighted by molar-refractivity contribution is 7.83. The van der Waals surface area contributed by atoms with Gasteiger partial charge < -0.3 is 0 Å². The molecule has 0 bridgehead atoms. The summed E-state index contributed by atoms with van der Waals surface area (Å²) in [6, 6.07) is 7.37. The van der Waals surface area contributed by atoms with Crippen molar-refractivity contribution in [1.29, 1.82) is 0 Å². The molecule has 0 saturated heterocycles. The second-order valence-corrected chi connectivity index (χ2v) is 5.66. The molecule has 1 rings (SSSR count). The van der Waals surface area contributed by atoms with Gasteiger partial charge in [-0.1, -0.05) is 31.2 Å². The lowest BCUT2D eigenvalue weighted by Gasteiger charge is -2.20. The van der Waals surface area contributed by atoms with E-state index in [0.717, 1.165) is 12.0 Å². The number of benzene rings is 1. The Balaban J connectivity index is 2.99. The summed E-state index contributed by atoms with van der Waals surface area (Å²) in [6.45, 7) is 9.64. The summed E-state index contributed by atoms with van der Waals surface area (Å²) in [6.07, 6.45) is 0.761. The van der Waals surface area contributed by atoms with Gasteiger partial charge in [0.15, 0.2) is 11.0 Å². The Morgan fingerprint density at radius 1 is 1.33 bits per heavy atom. The molecule has 98 valence electrons. The molecule has 0 N–H and O–H groups in total. The molecule has 4 heteroatoms. The van der Waals surface area contributed by atoms with Gasteiger partial charge in [-0.15, -0.1) is 0 Å². The number of carbonyl (C=O) groups excluding carboxylic acids is 1. The van der Waals surface area contributed by atoms with Gasteiger partial charge in [0.05, 0.1) is 4.90 Å². The van der Waals surface area contributed by atoms with Gasteiger partial charge in [0, 0.05) is 12.1 Å². The van der Waals surface area contributed by atoms with Gasteiger partial charge in [-0.05, 0) is 32.4 Å². The molecular formula is C14H19NO2S. The van der Waals surface area contributed by atoms with Crippen molar-refractivity contribution in [3.05, 3.63) is 42.0 Å². The van der Waals surface area contributed by atoms with Crippen LogP contribution in [-0.2, 0) is 15.8 Å². The first-order valence-electron chi connectivity index (χ1n) is 5.93. The zero-order valence-corrected chi connectivity index (χ0v) is 11.9. The maximum atomic E-state index is 12.4. The lowest BCUT2D eigenvalue weighted by Crippen LogP contribution is -2.33. The zero-order chi connectivity index (χ0) is 13.7. The average molecular weight is 265 g/mol. The number of hydrogen-bond donors (Lipinski definition) is 0. The predicted molar refractivity (Wildman–Crippen MR) is 74.4 cm³/mol. The lowest BCUT2D eigenvalue weighted by molar-refractivity contribution is -0.122. The molecule has 0 aromatic heterocycles. The smallest absolute Gasteiger partial charge is 0.260 e. The van der Waals surface area contributed by atoms with Crippen molar-refractivity contribution in [3.63, 3.8) is 0 Å². The average Bonchev–Trinajstić information content (AvgIpc) is 2.35. The molecule has 3 nitrogen and oxygen atoms in total. The van der Waals surface area contributed by atoms with E-state index in [4.69, 9.17) is 0 Å². The largest absolute Gasteiger partial charge is 0.268 e. The zero-order valence-electron chi connectivity index (χ0n) is 11.1. The summed E-state index contributed by atoms with van der Waals surface area (Å²) in [5.74, 6) is -0.254. The molecule has 0 spiro atoms. The van der Waals surface area contributed by atoms with Crippen LogP contribution in [0.4, 0.5) is 0 Å². The molecule has 0 heterocycles. The maximum absolute atomic E-state index is 12.4. The molecule has 0 unspecified atom stereocenters. The van der Waals surface area contributed by atoms with Crippen LogP contribution in [0.5, 0.6) is 0 Å². The van der Waals surface area contributed by atoms with E-state index < -0.39 is 11.0 Å². The number of nitrogens with zero attached hydrogens (tertiary/aromatic N) is 1. The highest BCUT2D eigenvalue weighted by atomic mass is 32.2. The van der Waals surface area contributed by atoms with Gasteiger partial charge in [-0.3, -0.25) is 9.10 Å². The van der Waals surface area contributed by atoms with Gasteiger partial charge in [-0.25, -0.2) is 4.21 Å². The van der Waals surface area contributed by atoms with Gasteiger partial charge in [0.1, 0.15) is 0 Å². The Hall–Kier alpha value is -1.42. The Bertz CT molecular complexity index is 465. The molecule has 0 aliphatic heterocycles. The van der Waals surface area contributed by atoms with Crippen LogP contribution in [-0.4, -0.2) is 21.0 Å². The van der Waals surface area contributed by atoms with Crippen molar-refractivity contribution in [3.8, 4) is 0 Å². The summed E-state index contributed by atoms with van der Waals surface area (Å²) < 4.78 is 13.7. The minimum atomic E-state index is -1.46. The molecule has 0 fully saturated rings. The fourth-order valence-corrected chi connectivity index (χ4v) is 2.74. The molecular weight excluding hydrogens is 246 g/mol. The van der Waals surface area contributed by atoms with Gasteiger partial charge in [-0.2, -0.15) is 0 Å². The first-order valence-corrected chi connectivity index (χ1v) is 7.04. The van der Waals surface area contributed by atoms with E-state index in [0.29, 0.717) is 17.0 Å². The second-order valence-electron chi connectivity index (χ2n) is 4.25. The number of aryl methyl sites for hydroxylation is 1. The molecule has 0 aliphatic rings. The normalized spacial score (nSPS) is 11.9. The summed E-state index contributed by atoms with van der Waals surface area (Å²) in [5.41, 5.74) is 1.51. The topological polar surface area (TPSA) is 37.4 Å². The molecule has 0 radical (unpaired) electrons. The molecule has 1 aromatic rings. The van der Waals surface area contributed by atoms with Crippen molar-refractivity contribution in [2.45, 2.75) is 32.1 Å². The van der Waals surface area contributed by atoms with Crippen LogP contribution in [0.3, 0.4) is 0 Å². The minimum absolute atomic E-state index is 0.254. The van der Waals surface area contributed by atoms with Crippen molar-refractivity contribution >= 4 is 16.9 Å². The molecule has 1 amide bonds. The van der Waals surface area contributed by atoms with Crippen LogP contribution in [0.25, 0.3) is 0 Å². The van der Waals surface area contributed by atoms with Crippen LogP contribution < -0.4 is 0 Å². The standard InChI is InChI=1S/C14H19NO2S/c1-5-10-15(14(16)11(2)3)18(17)13-8-6-12(4)7-9-13/h6-9H,2,5,10H2,1,3-4H3/t18-/m0/s1. The first-order chi connectivity index (χ1) is 8.47. The highest BCUT2D eigenvalue weighted by Crippen LogP contribution is 2.14. The van der Waals surface area contributed by atoms with Crippen LogP contribution in [0.1, 0.15) is 25.8 Å². The van der Waals surface area contributed by atoms with E-state index in [1.165, 1.54) is 4.31 Å². The minimum Gasteiger partial charge on any atom is -0.268 e. The summed E-state index contributed by atoms with van der Waals surface area (Å²) in [5, 5.41) is 0. The number of carbonyl (C=O) groups is 1. The maximum Gasteiger partial charge on any atom is 0.260 e. The third-order valence-corrected chi connectivity index (χ3v) is 3.87. The van der Waals surface area contributed by atoms with Crippen molar-refractivity contribution in [2.24, 2.45) is 0 Å². The van der Waals surface area contributed by atoms with Crippen LogP contribution in [0.15, 0.2) is 41.3 Å².